The van der Waals surface area contributed by atoms with E-state index in [1.807, 2.05) is 36.4 Å². The van der Waals surface area contributed by atoms with Gasteiger partial charge in [0.2, 0.25) is 5.91 Å². The lowest BCUT2D eigenvalue weighted by atomic mass is 9.80. The molecule has 1 aliphatic heterocycles. The first kappa shape index (κ1) is 23.4. The molecule has 2 aromatic rings. The second-order valence-electron chi connectivity index (χ2n) is 9.79. The van der Waals surface area contributed by atoms with Crippen LogP contribution in [-0.2, 0) is 14.3 Å². The Hall–Kier alpha value is -3.39. The molecule has 1 heterocycles. The van der Waals surface area contributed by atoms with Crippen molar-refractivity contribution in [3.8, 4) is 11.1 Å². The number of aliphatic hydroxyl groups is 1. The van der Waals surface area contributed by atoms with E-state index in [9.17, 15) is 24.6 Å². The molecule has 1 saturated heterocycles. The van der Waals surface area contributed by atoms with E-state index in [2.05, 4.69) is 17.4 Å². The fraction of sp³-hybridized carbons (Fsp3) is 0.444. The van der Waals surface area contributed by atoms with Gasteiger partial charge in [0.1, 0.15) is 18.2 Å². The van der Waals surface area contributed by atoms with Crippen molar-refractivity contribution in [2.45, 2.75) is 62.1 Å². The highest BCUT2D eigenvalue weighted by molar-refractivity contribution is 5.93. The van der Waals surface area contributed by atoms with Crippen molar-refractivity contribution in [1.29, 1.82) is 0 Å². The van der Waals surface area contributed by atoms with Crippen LogP contribution in [0.1, 0.15) is 55.6 Å². The molecule has 5 rings (SSSR count). The van der Waals surface area contributed by atoms with Gasteiger partial charge in [-0.05, 0) is 35.1 Å². The fourth-order valence-corrected chi connectivity index (χ4v) is 5.92. The third kappa shape index (κ3) is 4.27. The standard InChI is InChI=1S/C27H30N2O6/c30-17-14-23(24(31)32)29(15-17)25(33)27(12-6-1-7-13-27)28-26(34)35-16-22-20-10-4-2-8-18(20)19-9-3-5-11-21(19)22/h2-5,8-11,17,22-23,30H,1,6-7,12-16H2,(H,28,34)(H,31,32)/t17-,23-/m1/s1. The number of nitrogens with zero attached hydrogens (tertiary/aromatic N) is 1. The van der Waals surface area contributed by atoms with Crippen LogP contribution in [-0.4, -0.2) is 63.9 Å². The summed E-state index contributed by atoms with van der Waals surface area (Å²) in [6.45, 7) is 0.0776. The molecule has 0 aromatic heterocycles. The van der Waals surface area contributed by atoms with Gasteiger partial charge in [-0.1, -0.05) is 67.8 Å². The van der Waals surface area contributed by atoms with Gasteiger partial charge in [0.25, 0.3) is 0 Å². The number of fused-ring (bicyclic) bond motifs is 3. The number of carboxylic acid groups (broad SMARTS) is 1. The first-order valence-electron chi connectivity index (χ1n) is 12.2. The van der Waals surface area contributed by atoms with Crippen LogP contribution in [0.2, 0.25) is 0 Å². The van der Waals surface area contributed by atoms with E-state index in [0.29, 0.717) is 12.8 Å². The topological polar surface area (TPSA) is 116 Å². The minimum Gasteiger partial charge on any atom is -0.480 e. The molecule has 2 atom stereocenters. The van der Waals surface area contributed by atoms with Gasteiger partial charge in [-0.3, -0.25) is 4.79 Å². The number of rotatable bonds is 5. The second-order valence-corrected chi connectivity index (χ2v) is 9.79. The quantitative estimate of drug-likeness (QED) is 0.607. The summed E-state index contributed by atoms with van der Waals surface area (Å²) in [5, 5.41) is 22.4. The van der Waals surface area contributed by atoms with Crippen LogP contribution >= 0.6 is 0 Å². The molecule has 0 unspecified atom stereocenters. The number of carboxylic acids is 1. The highest BCUT2D eigenvalue weighted by Crippen LogP contribution is 2.44. The van der Waals surface area contributed by atoms with Gasteiger partial charge in [-0.15, -0.1) is 0 Å². The average Bonchev–Trinajstić information content (AvgIpc) is 3.41. The van der Waals surface area contributed by atoms with E-state index in [1.54, 1.807) is 0 Å². The molecule has 35 heavy (non-hydrogen) atoms. The Balaban J connectivity index is 1.32. The van der Waals surface area contributed by atoms with Crippen LogP contribution in [0.3, 0.4) is 0 Å². The van der Waals surface area contributed by atoms with Gasteiger partial charge in [-0.25, -0.2) is 9.59 Å². The van der Waals surface area contributed by atoms with Crippen LogP contribution in [0, 0.1) is 0 Å². The zero-order valence-electron chi connectivity index (χ0n) is 19.5. The van der Waals surface area contributed by atoms with Crippen molar-refractivity contribution in [1.82, 2.24) is 10.2 Å². The molecule has 2 aliphatic carbocycles. The molecule has 0 spiro atoms. The molecule has 0 bridgehead atoms. The summed E-state index contributed by atoms with van der Waals surface area (Å²) in [5.74, 6) is -1.70. The predicted molar refractivity (Wildman–Crippen MR) is 128 cm³/mol. The summed E-state index contributed by atoms with van der Waals surface area (Å²) in [6.07, 6.45) is 1.65. The number of benzene rings is 2. The second kappa shape index (κ2) is 9.34. The first-order valence-corrected chi connectivity index (χ1v) is 12.2. The monoisotopic (exact) mass is 478 g/mol. The SMILES string of the molecule is O=C(NC1(C(=O)N2C[C@H](O)C[C@@H]2C(=O)O)CCCCC1)OCC1c2ccccc2-c2ccccc21. The Morgan fingerprint density at radius 3 is 2.17 bits per heavy atom. The summed E-state index contributed by atoms with van der Waals surface area (Å²) in [4.78, 5) is 39.5. The molecular weight excluding hydrogens is 448 g/mol. The van der Waals surface area contributed by atoms with Gasteiger partial charge in [0.15, 0.2) is 0 Å². The number of aliphatic hydroxyl groups excluding tert-OH is 1. The van der Waals surface area contributed by atoms with E-state index < -0.39 is 35.7 Å². The number of hydrogen-bond acceptors (Lipinski definition) is 5. The van der Waals surface area contributed by atoms with Crippen LogP contribution < -0.4 is 5.32 Å². The van der Waals surface area contributed by atoms with Gasteiger partial charge in [0.05, 0.1) is 6.10 Å². The van der Waals surface area contributed by atoms with Crippen molar-refractivity contribution in [3.05, 3.63) is 59.7 Å². The Kier molecular flexibility index (Phi) is 6.23. The molecular formula is C27H30N2O6. The molecule has 2 amide bonds. The van der Waals surface area contributed by atoms with Crippen molar-refractivity contribution >= 4 is 18.0 Å². The Morgan fingerprint density at radius 2 is 1.57 bits per heavy atom. The number of carbonyl (C=O) groups excluding carboxylic acids is 2. The maximum absolute atomic E-state index is 13.6. The smallest absolute Gasteiger partial charge is 0.408 e. The van der Waals surface area contributed by atoms with Crippen LogP contribution in [0.5, 0.6) is 0 Å². The fourth-order valence-electron chi connectivity index (χ4n) is 5.92. The molecule has 1 saturated carbocycles. The van der Waals surface area contributed by atoms with Crippen LogP contribution in [0.15, 0.2) is 48.5 Å². The van der Waals surface area contributed by atoms with E-state index in [-0.39, 0.29) is 25.5 Å². The van der Waals surface area contributed by atoms with E-state index in [0.717, 1.165) is 41.5 Å². The number of amides is 2. The lowest BCUT2D eigenvalue weighted by Crippen LogP contribution is -2.62. The van der Waals surface area contributed by atoms with Gasteiger partial charge in [-0.2, -0.15) is 0 Å². The van der Waals surface area contributed by atoms with Crippen LogP contribution in [0.25, 0.3) is 11.1 Å². The molecule has 3 aliphatic rings. The molecule has 2 fully saturated rings. The van der Waals surface area contributed by atoms with E-state index >= 15 is 0 Å². The minimum atomic E-state index is -1.22. The number of aliphatic carboxylic acids is 1. The molecule has 184 valence electrons. The molecule has 8 heteroatoms. The van der Waals surface area contributed by atoms with Crippen molar-refractivity contribution < 1.29 is 29.3 Å². The summed E-state index contributed by atoms with van der Waals surface area (Å²) in [5.41, 5.74) is 3.23. The van der Waals surface area contributed by atoms with Crippen molar-refractivity contribution in [2.24, 2.45) is 0 Å². The van der Waals surface area contributed by atoms with Gasteiger partial charge >= 0.3 is 12.1 Å². The number of ether oxygens (including phenoxy) is 1. The normalized spacial score (nSPS) is 22.8. The van der Waals surface area contributed by atoms with E-state index in [1.165, 1.54) is 4.90 Å². The van der Waals surface area contributed by atoms with Crippen LogP contribution in [0.4, 0.5) is 4.79 Å². The lowest BCUT2D eigenvalue weighted by molar-refractivity contribution is -0.151. The molecule has 2 aromatic carbocycles. The Labute approximate surface area is 203 Å². The summed E-state index contributed by atoms with van der Waals surface area (Å²) >= 11 is 0. The number of carbonyl (C=O) groups is 3. The minimum absolute atomic E-state index is 0.0118. The zero-order valence-corrected chi connectivity index (χ0v) is 19.5. The largest absolute Gasteiger partial charge is 0.480 e. The Bertz CT molecular complexity index is 1100. The predicted octanol–water partition coefficient (Wildman–Crippen LogP) is 3.27. The molecule has 3 N–H and O–H groups in total. The maximum atomic E-state index is 13.6. The van der Waals surface area contributed by atoms with Gasteiger partial charge in [0, 0.05) is 18.9 Å². The number of likely N-dealkylation sites (tertiary alicyclic amines) is 1. The summed E-state index contributed by atoms with van der Waals surface area (Å²) < 4.78 is 5.69. The lowest BCUT2D eigenvalue weighted by Gasteiger charge is -2.40. The highest BCUT2D eigenvalue weighted by atomic mass is 16.5. The maximum Gasteiger partial charge on any atom is 0.408 e. The number of hydrogen-bond donors (Lipinski definition) is 3. The highest BCUT2D eigenvalue weighted by Gasteiger charge is 2.49. The summed E-state index contributed by atoms with van der Waals surface area (Å²) in [6, 6.07) is 15.0. The number of alkyl carbamates (subject to hydrolysis) is 1. The zero-order chi connectivity index (χ0) is 24.6. The van der Waals surface area contributed by atoms with E-state index in [4.69, 9.17) is 4.74 Å². The first-order chi connectivity index (χ1) is 16.9. The average molecular weight is 479 g/mol. The third-order valence-corrected chi connectivity index (χ3v) is 7.63. The van der Waals surface area contributed by atoms with Crippen molar-refractivity contribution in [2.75, 3.05) is 13.2 Å². The number of nitrogens with one attached hydrogen (secondary N) is 1. The summed E-state index contributed by atoms with van der Waals surface area (Å²) in [7, 11) is 0. The molecule has 0 radical (unpaired) electrons. The third-order valence-electron chi connectivity index (χ3n) is 7.63. The van der Waals surface area contributed by atoms with Crippen molar-refractivity contribution in [3.63, 3.8) is 0 Å². The van der Waals surface area contributed by atoms with Gasteiger partial charge < -0.3 is 25.2 Å². The molecule has 8 nitrogen and oxygen atoms in total. The Morgan fingerprint density at radius 1 is 0.971 bits per heavy atom. The number of β-amino-alcohol motifs (C(OH)–C–C–N with tert-alkyl or cyclic N) is 1.